The number of hydrogen-bond acceptors (Lipinski definition) is 5. The zero-order valence-corrected chi connectivity index (χ0v) is 12.6. The topological polar surface area (TPSA) is 56.3 Å². The van der Waals surface area contributed by atoms with Crippen LogP contribution in [-0.2, 0) is 4.74 Å². The zero-order chi connectivity index (χ0) is 14.3. The Morgan fingerprint density at radius 1 is 1.16 bits per heavy atom. The van der Waals surface area contributed by atoms with Gasteiger partial charge in [-0.2, -0.15) is 4.98 Å². The lowest BCUT2D eigenvalue weighted by atomic mass is 10.2. The lowest BCUT2D eigenvalue weighted by Gasteiger charge is -2.13. The van der Waals surface area contributed by atoms with Gasteiger partial charge in [0.05, 0.1) is 6.61 Å². The first-order valence-electron chi connectivity index (χ1n) is 6.77. The minimum Gasteiger partial charge on any atom is -0.475 e. The second kappa shape index (κ2) is 7.94. The highest BCUT2D eigenvalue weighted by Gasteiger charge is 2.09. The van der Waals surface area contributed by atoms with Gasteiger partial charge >= 0.3 is 0 Å². The smallest absolute Gasteiger partial charge is 0.218 e. The minimum atomic E-state index is 0.269. The Bertz CT molecular complexity index is 381. The van der Waals surface area contributed by atoms with Gasteiger partial charge in [0.15, 0.2) is 0 Å². The summed E-state index contributed by atoms with van der Waals surface area (Å²) in [4.78, 5) is 8.90. The zero-order valence-electron chi connectivity index (χ0n) is 12.6. The summed E-state index contributed by atoms with van der Waals surface area (Å²) >= 11 is 0. The molecule has 0 aromatic carbocycles. The summed E-state index contributed by atoms with van der Waals surface area (Å²) in [7, 11) is 1.65. The van der Waals surface area contributed by atoms with E-state index in [4.69, 9.17) is 9.47 Å². The Hall–Kier alpha value is -1.36. The van der Waals surface area contributed by atoms with Gasteiger partial charge in [-0.25, -0.2) is 4.98 Å². The molecule has 19 heavy (non-hydrogen) atoms. The van der Waals surface area contributed by atoms with Crippen molar-refractivity contribution >= 4 is 5.82 Å². The largest absolute Gasteiger partial charge is 0.475 e. The van der Waals surface area contributed by atoms with Crippen LogP contribution in [0.4, 0.5) is 5.82 Å². The molecule has 0 atom stereocenters. The molecule has 1 rings (SSSR count). The molecule has 0 saturated carbocycles. The molecule has 0 fully saturated rings. The summed E-state index contributed by atoms with van der Waals surface area (Å²) in [5.74, 6) is 3.05. The van der Waals surface area contributed by atoms with Crippen LogP contribution in [0.1, 0.15) is 39.4 Å². The standard InChI is InChI=1S/C14H25N3O2/c1-10(2)9-15-12-8-13(19-7-6-18-5)17-14(16-12)11(3)4/h8,10-11H,6-7,9H2,1-5H3,(H,15,16,17). The lowest BCUT2D eigenvalue weighted by Crippen LogP contribution is -2.12. The Kier molecular flexibility index (Phi) is 6.56. The first-order chi connectivity index (χ1) is 9.02. The average Bonchev–Trinajstić information content (AvgIpc) is 2.36. The highest BCUT2D eigenvalue weighted by Crippen LogP contribution is 2.18. The van der Waals surface area contributed by atoms with E-state index >= 15 is 0 Å². The maximum Gasteiger partial charge on any atom is 0.218 e. The molecule has 0 aliphatic heterocycles. The monoisotopic (exact) mass is 267 g/mol. The van der Waals surface area contributed by atoms with E-state index in [1.165, 1.54) is 0 Å². The van der Waals surface area contributed by atoms with Crippen LogP contribution in [-0.4, -0.2) is 36.8 Å². The van der Waals surface area contributed by atoms with E-state index in [1.54, 1.807) is 7.11 Å². The predicted molar refractivity (Wildman–Crippen MR) is 76.8 cm³/mol. The molecule has 1 N–H and O–H groups in total. The maximum absolute atomic E-state index is 5.57. The summed E-state index contributed by atoms with van der Waals surface area (Å²) in [5.41, 5.74) is 0. The van der Waals surface area contributed by atoms with Crippen molar-refractivity contribution in [1.29, 1.82) is 0 Å². The van der Waals surface area contributed by atoms with Gasteiger partial charge in [-0.3, -0.25) is 0 Å². The van der Waals surface area contributed by atoms with E-state index in [0.29, 0.717) is 25.0 Å². The van der Waals surface area contributed by atoms with E-state index in [0.717, 1.165) is 18.2 Å². The molecule has 0 bridgehead atoms. The molecular weight excluding hydrogens is 242 g/mol. The van der Waals surface area contributed by atoms with Crippen molar-refractivity contribution in [3.05, 3.63) is 11.9 Å². The molecule has 1 heterocycles. The number of rotatable bonds is 8. The molecule has 0 spiro atoms. The van der Waals surface area contributed by atoms with Gasteiger partial charge < -0.3 is 14.8 Å². The molecule has 0 amide bonds. The van der Waals surface area contributed by atoms with Gasteiger partial charge in [0, 0.05) is 25.6 Å². The van der Waals surface area contributed by atoms with Crippen LogP contribution in [0.5, 0.6) is 5.88 Å². The normalized spacial score (nSPS) is 11.1. The molecule has 1 aromatic heterocycles. The van der Waals surface area contributed by atoms with Crippen LogP contribution in [0.25, 0.3) is 0 Å². The van der Waals surface area contributed by atoms with Gasteiger partial charge in [0.25, 0.3) is 0 Å². The van der Waals surface area contributed by atoms with Crippen molar-refractivity contribution in [3.63, 3.8) is 0 Å². The number of methoxy groups -OCH3 is 1. The first-order valence-corrected chi connectivity index (χ1v) is 6.77. The molecule has 5 nitrogen and oxygen atoms in total. The van der Waals surface area contributed by atoms with Crippen molar-refractivity contribution < 1.29 is 9.47 Å². The Balaban J connectivity index is 2.78. The maximum atomic E-state index is 5.57. The van der Waals surface area contributed by atoms with Crippen molar-refractivity contribution in [2.45, 2.75) is 33.6 Å². The average molecular weight is 267 g/mol. The van der Waals surface area contributed by atoms with Gasteiger partial charge in [-0.05, 0) is 5.92 Å². The Morgan fingerprint density at radius 3 is 2.47 bits per heavy atom. The van der Waals surface area contributed by atoms with Crippen LogP contribution in [0, 0.1) is 5.92 Å². The molecule has 0 saturated heterocycles. The third kappa shape index (κ3) is 5.87. The van der Waals surface area contributed by atoms with Crippen LogP contribution in [0.3, 0.4) is 0 Å². The molecule has 0 aliphatic carbocycles. The fourth-order valence-electron chi connectivity index (χ4n) is 1.40. The van der Waals surface area contributed by atoms with Crippen molar-refractivity contribution in [1.82, 2.24) is 9.97 Å². The Morgan fingerprint density at radius 2 is 1.89 bits per heavy atom. The van der Waals surface area contributed by atoms with Gasteiger partial charge in [-0.15, -0.1) is 0 Å². The van der Waals surface area contributed by atoms with E-state index in [1.807, 2.05) is 6.07 Å². The van der Waals surface area contributed by atoms with Gasteiger partial charge in [0.1, 0.15) is 18.2 Å². The predicted octanol–water partition coefficient (Wildman–Crippen LogP) is 2.69. The molecule has 108 valence electrons. The summed E-state index contributed by atoms with van der Waals surface area (Å²) < 4.78 is 10.5. The van der Waals surface area contributed by atoms with Crippen LogP contribution in [0.15, 0.2) is 6.07 Å². The van der Waals surface area contributed by atoms with Crippen molar-refractivity contribution in [2.75, 3.05) is 32.2 Å². The summed E-state index contributed by atoms with van der Waals surface area (Å²) in [6.45, 7) is 10.4. The third-order valence-electron chi connectivity index (χ3n) is 2.47. The number of aromatic nitrogens is 2. The molecule has 5 heteroatoms. The summed E-state index contributed by atoms with van der Waals surface area (Å²) in [6.07, 6.45) is 0. The van der Waals surface area contributed by atoms with Crippen molar-refractivity contribution in [2.24, 2.45) is 5.92 Å². The summed E-state index contributed by atoms with van der Waals surface area (Å²) in [5, 5.41) is 3.31. The number of anilines is 1. The van der Waals surface area contributed by atoms with Crippen LogP contribution in [0.2, 0.25) is 0 Å². The highest BCUT2D eigenvalue weighted by molar-refractivity contribution is 5.38. The summed E-state index contributed by atoms with van der Waals surface area (Å²) in [6, 6.07) is 1.84. The van der Waals surface area contributed by atoms with E-state index < -0.39 is 0 Å². The second-order valence-corrected chi connectivity index (χ2v) is 5.22. The molecule has 1 aromatic rings. The van der Waals surface area contributed by atoms with E-state index in [-0.39, 0.29) is 5.92 Å². The number of nitrogens with zero attached hydrogens (tertiary/aromatic N) is 2. The number of nitrogens with one attached hydrogen (secondary N) is 1. The fraction of sp³-hybridized carbons (Fsp3) is 0.714. The van der Waals surface area contributed by atoms with Crippen LogP contribution < -0.4 is 10.1 Å². The molecule has 0 radical (unpaired) electrons. The highest BCUT2D eigenvalue weighted by atomic mass is 16.5. The van der Waals surface area contributed by atoms with Crippen molar-refractivity contribution in [3.8, 4) is 5.88 Å². The number of hydrogen-bond donors (Lipinski definition) is 1. The number of ether oxygens (including phenoxy) is 2. The van der Waals surface area contributed by atoms with E-state index in [2.05, 4.69) is 43.0 Å². The molecule has 0 aliphatic rings. The quantitative estimate of drug-likeness (QED) is 0.734. The minimum absolute atomic E-state index is 0.269. The first kappa shape index (κ1) is 15.7. The van der Waals surface area contributed by atoms with E-state index in [9.17, 15) is 0 Å². The fourth-order valence-corrected chi connectivity index (χ4v) is 1.40. The third-order valence-corrected chi connectivity index (χ3v) is 2.47. The van der Waals surface area contributed by atoms with Gasteiger partial charge in [-0.1, -0.05) is 27.7 Å². The Labute approximate surface area is 115 Å². The lowest BCUT2D eigenvalue weighted by molar-refractivity contribution is 0.143. The van der Waals surface area contributed by atoms with Crippen LogP contribution >= 0.6 is 0 Å². The SMILES string of the molecule is COCCOc1cc(NCC(C)C)nc(C(C)C)n1. The second-order valence-electron chi connectivity index (χ2n) is 5.22. The molecular formula is C14H25N3O2. The molecule has 0 unspecified atom stereocenters. The van der Waals surface area contributed by atoms with Gasteiger partial charge in [0.2, 0.25) is 5.88 Å².